The predicted molar refractivity (Wildman–Crippen MR) is 52.7 cm³/mol. The van der Waals surface area contributed by atoms with Gasteiger partial charge in [-0.15, -0.1) is 0 Å². The molecule has 0 aliphatic heterocycles. The van der Waals surface area contributed by atoms with Gasteiger partial charge < -0.3 is 15.2 Å². The average Bonchev–Trinajstić information content (AvgIpc) is 2.08. The molecular formula is C10H21NO2. The van der Waals surface area contributed by atoms with E-state index in [1.807, 2.05) is 7.05 Å². The van der Waals surface area contributed by atoms with E-state index in [1.165, 1.54) is 25.7 Å². The summed E-state index contributed by atoms with van der Waals surface area (Å²) in [6.07, 6.45) is 5.37. The molecule has 1 saturated carbocycles. The van der Waals surface area contributed by atoms with Gasteiger partial charge >= 0.3 is 0 Å². The zero-order valence-corrected chi connectivity index (χ0v) is 8.46. The lowest BCUT2D eigenvalue weighted by atomic mass is 9.83. The highest BCUT2D eigenvalue weighted by Gasteiger charge is 2.16. The third-order valence-electron chi connectivity index (χ3n) is 2.84. The molecule has 1 rings (SSSR count). The highest BCUT2D eigenvalue weighted by molar-refractivity contribution is 4.69. The Bertz CT molecular complexity index is 122. The molecule has 13 heavy (non-hydrogen) atoms. The lowest BCUT2D eigenvalue weighted by Crippen LogP contribution is -2.34. The Morgan fingerprint density at radius 1 is 1.54 bits per heavy atom. The second-order valence-corrected chi connectivity index (χ2v) is 3.83. The van der Waals surface area contributed by atoms with E-state index in [2.05, 4.69) is 5.32 Å². The van der Waals surface area contributed by atoms with Crippen molar-refractivity contribution in [2.24, 2.45) is 5.92 Å². The summed E-state index contributed by atoms with van der Waals surface area (Å²) >= 11 is 0. The highest BCUT2D eigenvalue weighted by atomic mass is 16.5. The van der Waals surface area contributed by atoms with Crippen LogP contribution in [-0.2, 0) is 4.74 Å². The second kappa shape index (κ2) is 6.35. The van der Waals surface area contributed by atoms with Gasteiger partial charge in [-0.2, -0.15) is 0 Å². The molecule has 0 radical (unpaired) electrons. The van der Waals surface area contributed by atoms with Crippen molar-refractivity contribution >= 4 is 0 Å². The molecule has 2 N–H and O–H groups in total. The number of likely N-dealkylation sites (N-methyl/N-ethyl adjacent to an activating group) is 1. The van der Waals surface area contributed by atoms with Crippen molar-refractivity contribution in [2.75, 3.05) is 26.9 Å². The van der Waals surface area contributed by atoms with Gasteiger partial charge in [0.25, 0.3) is 0 Å². The molecule has 1 fully saturated rings. The molecule has 0 saturated heterocycles. The number of hydrogen-bond acceptors (Lipinski definition) is 3. The molecular weight excluding hydrogens is 166 g/mol. The summed E-state index contributed by atoms with van der Waals surface area (Å²) in [7, 11) is 1.84. The summed E-state index contributed by atoms with van der Waals surface area (Å²) in [5.74, 6) is 0.919. The van der Waals surface area contributed by atoms with E-state index in [0.29, 0.717) is 6.61 Å². The molecule has 0 aromatic rings. The van der Waals surface area contributed by atoms with Crippen molar-refractivity contribution < 1.29 is 9.84 Å². The maximum absolute atomic E-state index is 8.85. The van der Waals surface area contributed by atoms with E-state index in [1.54, 1.807) is 0 Å². The minimum absolute atomic E-state index is 0.0985. The zero-order chi connectivity index (χ0) is 9.52. The second-order valence-electron chi connectivity index (χ2n) is 3.83. The van der Waals surface area contributed by atoms with E-state index in [4.69, 9.17) is 9.84 Å². The minimum Gasteiger partial charge on any atom is -0.395 e. The van der Waals surface area contributed by atoms with Crippen molar-refractivity contribution in [3.05, 3.63) is 0 Å². The number of aliphatic hydroxyl groups is 1. The molecule has 0 aromatic carbocycles. The first kappa shape index (κ1) is 11.0. The van der Waals surface area contributed by atoms with Gasteiger partial charge in [0.1, 0.15) is 0 Å². The Balaban J connectivity index is 1.87. The van der Waals surface area contributed by atoms with Gasteiger partial charge in [-0.25, -0.2) is 0 Å². The minimum atomic E-state index is 0.0985. The van der Waals surface area contributed by atoms with Crippen LogP contribution in [0.15, 0.2) is 0 Å². The SMILES string of the molecule is CNC(CO)COCCC1CCC1. The lowest BCUT2D eigenvalue weighted by molar-refractivity contribution is 0.0745. The average molecular weight is 187 g/mol. The quantitative estimate of drug-likeness (QED) is 0.579. The summed E-state index contributed by atoms with van der Waals surface area (Å²) in [5.41, 5.74) is 0. The van der Waals surface area contributed by atoms with Crippen LogP contribution in [0.25, 0.3) is 0 Å². The fourth-order valence-electron chi connectivity index (χ4n) is 1.48. The van der Waals surface area contributed by atoms with Crippen LogP contribution < -0.4 is 5.32 Å². The number of aliphatic hydroxyl groups excluding tert-OH is 1. The van der Waals surface area contributed by atoms with E-state index < -0.39 is 0 Å². The van der Waals surface area contributed by atoms with Gasteiger partial charge in [-0.1, -0.05) is 19.3 Å². The number of hydrogen-bond donors (Lipinski definition) is 2. The molecule has 0 spiro atoms. The summed E-state index contributed by atoms with van der Waals surface area (Å²) < 4.78 is 5.46. The first-order valence-electron chi connectivity index (χ1n) is 5.22. The van der Waals surface area contributed by atoms with Crippen LogP contribution in [-0.4, -0.2) is 38.0 Å². The molecule has 78 valence electrons. The smallest absolute Gasteiger partial charge is 0.0641 e. The van der Waals surface area contributed by atoms with Crippen LogP contribution in [0.1, 0.15) is 25.7 Å². The molecule has 1 aliphatic carbocycles. The van der Waals surface area contributed by atoms with Gasteiger partial charge in [0.15, 0.2) is 0 Å². The Morgan fingerprint density at radius 2 is 2.31 bits per heavy atom. The van der Waals surface area contributed by atoms with Gasteiger partial charge in [-0.3, -0.25) is 0 Å². The van der Waals surface area contributed by atoms with Crippen molar-refractivity contribution in [2.45, 2.75) is 31.7 Å². The topological polar surface area (TPSA) is 41.5 Å². The Kier molecular flexibility index (Phi) is 5.35. The van der Waals surface area contributed by atoms with Crippen molar-refractivity contribution in [1.82, 2.24) is 5.32 Å². The van der Waals surface area contributed by atoms with Gasteiger partial charge in [0.2, 0.25) is 0 Å². The van der Waals surface area contributed by atoms with Crippen molar-refractivity contribution in [1.29, 1.82) is 0 Å². The van der Waals surface area contributed by atoms with Crippen LogP contribution in [0.4, 0.5) is 0 Å². The monoisotopic (exact) mass is 187 g/mol. The third kappa shape index (κ3) is 4.07. The Labute approximate surface area is 80.5 Å². The maximum atomic E-state index is 8.85. The number of ether oxygens (including phenoxy) is 1. The number of nitrogens with one attached hydrogen (secondary N) is 1. The standard InChI is InChI=1S/C10H21NO2/c1-11-10(7-12)8-13-6-5-9-3-2-4-9/h9-12H,2-8H2,1H3. The molecule has 0 bridgehead atoms. The molecule has 3 nitrogen and oxygen atoms in total. The maximum Gasteiger partial charge on any atom is 0.0641 e. The van der Waals surface area contributed by atoms with E-state index in [0.717, 1.165) is 12.5 Å². The van der Waals surface area contributed by atoms with Crippen molar-refractivity contribution in [3.8, 4) is 0 Å². The molecule has 0 amide bonds. The Hall–Kier alpha value is -0.120. The summed E-state index contributed by atoms with van der Waals surface area (Å²) in [4.78, 5) is 0. The molecule has 0 aromatic heterocycles. The van der Waals surface area contributed by atoms with Gasteiger partial charge in [0, 0.05) is 6.61 Å². The number of rotatable bonds is 7. The van der Waals surface area contributed by atoms with Gasteiger partial charge in [0.05, 0.1) is 19.3 Å². The molecule has 3 heteroatoms. The van der Waals surface area contributed by atoms with Gasteiger partial charge in [-0.05, 0) is 19.4 Å². The van der Waals surface area contributed by atoms with Crippen LogP contribution >= 0.6 is 0 Å². The van der Waals surface area contributed by atoms with E-state index in [-0.39, 0.29) is 12.6 Å². The fourth-order valence-corrected chi connectivity index (χ4v) is 1.48. The molecule has 1 atom stereocenters. The van der Waals surface area contributed by atoms with Crippen molar-refractivity contribution in [3.63, 3.8) is 0 Å². The largest absolute Gasteiger partial charge is 0.395 e. The Morgan fingerprint density at radius 3 is 2.77 bits per heavy atom. The highest BCUT2D eigenvalue weighted by Crippen LogP contribution is 2.28. The van der Waals surface area contributed by atoms with Crippen LogP contribution in [0.5, 0.6) is 0 Å². The van der Waals surface area contributed by atoms with E-state index in [9.17, 15) is 0 Å². The van der Waals surface area contributed by atoms with Crippen LogP contribution in [0.2, 0.25) is 0 Å². The summed E-state index contributed by atoms with van der Waals surface area (Å²) in [6, 6.07) is 0.0985. The predicted octanol–water partition coefficient (Wildman–Crippen LogP) is 0.773. The normalized spacial score (nSPS) is 19.8. The first-order chi connectivity index (χ1) is 6.36. The lowest BCUT2D eigenvalue weighted by Gasteiger charge is -2.25. The third-order valence-corrected chi connectivity index (χ3v) is 2.84. The molecule has 1 aliphatic rings. The van der Waals surface area contributed by atoms with E-state index >= 15 is 0 Å². The van der Waals surface area contributed by atoms with Crippen LogP contribution in [0, 0.1) is 5.92 Å². The first-order valence-corrected chi connectivity index (χ1v) is 5.22. The van der Waals surface area contributed by atoms with Crippen LogP contribution in [0.3, 0.4) is 0 Å². The summed E-state index contributed by atoms with van der Waals surface area (Å²) in [6.45, 7) is 1.63. The zero-order valence-electron chi connectivity index (χ0n) is 8.46. The summed E-state index contributed by atoms with van der Waals surface area (Å²) in [5, 5.41) is 11.8. The fraction of sp³-hybridized carbons (Fsp3) is 1.00. The molecule has 0 heterocycles. The molecule has 1 unspecified atom stereocenters.